The Morgan fingerprint density at radius 3 is 2.44 bits per heavy atom. The van der Waals surface area contributed by atoms with Gasteiger partial charge >= 0.3 is 6.18 Å². The third kappa shape index (κ3) is 9.42. The van der Waals surface area contributed by atoms with E-state index in [2.05, 4.69) is 44.6 Å². The summed E-state index contributed by atoms with van der Waals surface area (Å²) >= 11 is 4.70. The van der Waals surface area contributed by atoms with Crippen molar-refractivity contribution in [2.24, 2.45) is 0 Å². The highest BCUT2D eigenvalue weighted by molar-refractivity contribution is 7.81. The average molecular weight is 836 g/mol. The number of ether oxygens (including phenoxy) is 1. The summed E-state index contributed by atoms with van der Waals surface area (Å²) in [5.41, 5.74) is -1.31. The number of benzene rings is 2. The van der Waals surface area contributed by atoms with Crippen LogP contribution in [-0.4, -0.2) is 100 Å². The van der Waals surface area contributed by atoms with Crippen LogP contribution < -0.4 is 30.5 Å². The van der Waals surface area contributed by atoms with Gasteiger partial charge in [0.2, 0.25) is 23.6 Å². The van der Waals surface area contributed by atoms with Crippen molar-refractivity contribution in [3.63, 3.8) is 0 Å². The molecule has 0 spiro atoms. The van der Waals surface area contributed by atoms with E-state index in [1.54, 1.807) is 55.3 Å². The second-order valence-corrected chi connectivity index (χ2v) is 16.0. The number of aromatic nitrogens is 1. The van der Waals surface area contributed by atoms with Crippen LogP contribution >= 0.6 is 12.6 Å². The van der Waals surface area contributed by atoms with Crippen molar-refractivity contribution in [1.29, 1.82) is 5.26 Å². The number of amides is 4. The minimum atomic E-state index is -4.79. The minimum Gasteiger partial charge on any atom is -0.476 e. The number of hydrogen-bond donors (Lipinski definition) is 4. The van der Waals surface area contributed by atoms with E-state index < -0.39 is 40.3 Å². The molecule has 14 nitrogen and oxygen atoms in total. The van der Waals surface area contributed by atoms with Crippen LogP contribution in [0.2, 0.25) is 0 Å². The highest BCUT2D eigenvalue weighted by atomic mass is 32.1. The lowest BCUT2D eigenvalue weighted by Crippen LogP contribution is -2.58. The van der Waals surface area contributed by atoms with Crippen molar-refractivity contribution in [3.05, 3.63) is 71.4 Å². The maximum Gasteiger partial charge on any atom is 0.417 e. The third-order valence-corrected chi connectivity index (χ3v) is 11.4. The number of nitrogens with one attached hydrogen (secondary N) is 3. The van der Waals surface area contributed by atoms with Gasteiger partial charge in [0.05, 0.1) is 35.6 Å². The number of halogens is 3. The fraction of sp³-hybridized carbons (Fsp3) is 0.463. The van der Waals surface area contributed by atoms with Crippen LogP contribution in [0.1, 0.15) is 64.2 Å². The van der Waals surface area contributed by atoms with Crippen molar-refractivity contribution >= 4 is 59.0 Å². The van der Waals surface area contributed by atoms with Crippen LogP contribution in [-0.2, 0) is 31.8 Å². The summed E-state index contributed by atoms with van der Waals surface area (Å²) < 4.78 is 47.6. The van der Waals surface area contributed by atoms with Crippen LogP contribution in [0.15, 0.2) is 54.7 Å². The summed E-state index contributed by atoms with van der Waals surface area (Å²) in [6, 6.07) is 13.3. The lowest BCUT2D eigenvalue weighted by Gasteiger charge is -2.44. The summed E-state index contributed by atoms with van der Waals surface area (Å²) in [7, 11) is 0. The van der Waals surface area contributed by atoms with Gasteiger partial charge in [0.15, 0.2) is 5.50 Å². The summed E-state index contributed by atoms with van der Waals surface area (Å²) in [5.74, 6) is -0.857. The number of alkyl halides is 3. The van der Waals surface area contributed by atoms with Crippen LogP contribution in [0.5, 0.6) is 5.88 Å². The molecular formula is C41H48F3N9O5S. The van der Waals surface area contributed by atoms with Crippen molar-refractivity contribution in [3.8, 4) is 11.9 Å². The van der Waals surface area contributed by atoms with Crippen LogP contribution in [0.3, 0.4) is 0 Å². The number of hydrogen-bond acceptors (Lipinski definition) is 12. The van der Waals surface area contributed by atoms with Gasteiger partial charge in [-0.3, -0.25) is 39.2 Å². The number of anilines is 4. The predicted octanol–water partition coefficient (Wildman–Crippen LogP) is 5.01. The number of piperidine rings is 1. The Morgan fingerprint density at radius 1 is 1.07 bits per heavy atom. The molecule has 2 unspecified atom stereocenters. The van der Waals surface area contributed by atoms with Gasteiger partial charge in [0, 0.05) is 60.8 Å². The molecule has 0 saturated carbocycles. The van der Waals surface area contributed by atoms with Gasteiger partial charge in [-0.2, -0.15) is 18.4 Å². The van der Waals surface area contributed by atoms with E-state index in [9.17, 15) is 37.6 Å². The van der Waals surface area contributed by atoms with E-state index in [1.165, 1.54) is 11.0 Å². The molecule has 314 valence electrons. The first-order valence-electron chi connectivity index (χ1n) is 19.4. The molecule has 18 heteroatoms. The van der Waals surface area contributed by atoms with Gasteiger partial charge in [0.1, 0.15) is 18.2 Å². The number of thiol groups is 1. The molecular weight excluding hydrogens is 788 g/mol. The van der Waals surface area contributed by atoms with Crippen LogP contribution in [0, 0.1) is 11.3 Å². The summed E-state index contributed by atoms with van der Waals surface area (Å²) in [4.78, 5) is 62.5. The lowest BCUT2D eigenvalue weighted by molar-refractivity contribution is -0.138. The van der Waals surface area contributed by atoms with E-state index in [1.807, 2.05) is 13.0 Å². The summed E-state index contributed by atoms with van der Waals surface area (Å²) in [6.07, 6.45) is -2.02. The van der Waals surface area contributed by atoms with E-state index in [0.717, 1.165) is 17.7 Å². The quantitative estimate of drug-likeness (QED) is 0.143. The van der Waals surface area contributed by atoms with E-state index in [4.69, 9.17) is 17.4 Å². The first kappa shape index (κ1) is 43.2. The van der Waals surface area contributed by atoms with Gasteiger partial charge in [-0.05, 0) is 83.0 Å². The predicted molar refractivity (Wildman–Crippen MR) is 219 cm³/mol. The number of carbonyl (C=O) groups is 4. The molecule has 3 N–H and O–H groups in total. The number of rotatable bonds is 12. The number of aryl methyl sites for hydroxylation is 1. The Balaban J connectivity index is 1.03. The van der Waals surface area contributed by atoms with Gasteiger partial charge in [0.25, 0.3) is 5.91 Å². The van der Waals surface area contributed by atoms with E-state index >= 15 is 0 Å². The topological polar surface area (TPSA) is 163 Å². The average Bonchev–Trinajstić information content (AvgIpc) is 3.35. The minimum absolute atomic E-state index is 0.0304. The molecule has 4 amide bonds. The fourth-order valence-electron chi connectivity index (χ4n) is 7.95. The molecule has 3 aliphatic heterocycles. The Labute approximate surface area is 346 Å². The zero-order valence-electron chi connectivity index (χ0n) is 33.5. The molecule has 4 heterocycles. The summed E-state index contributed by atoms with van der Waals surface area (Å²) in [5, 5.41) is 17.7. The molecule has 1 aromatic heterocycles. The molecule has 3 fully saturated rings. The second kappa shape index (κ2) is 17.5. The molecule has 2 aromatic carbocycles. The Bertz CT molecular complexity index is 2140. The highest BCUT2D eigenvalue weighted by Gasteiger charge is 2.52. The monoisotopic (exact) mass is 835 g/mol. The van der Waals surface area contributed by atoms with Gasteiger partial charge in [-0.25, -0.2) is 4.98 Å². The van der Waals surface area contributed by atoms with Crippen LogP contribution in [0.25, 0.3) is 0 Å². The first-order valence-corrected chi connectivity index (χ1v) is 19.9. The van der Waals surface area contributed by atoms with Gasteiger partial charge in [-0.15, -0.1) is 12.6 Å². The third-order valence-electron chi connectivity index (χ3n) is 11.0. The van der Waals surface area contributed by atoms with Crippen molar-refractivity contribution < 1.29 is 37.1 Å². The largest absolute Gasteiger partial charge is 0.476 e. The van der Waals surface area contributed by atoms with Crippen LogP contribution in [0.4, 0.5) is 35.9 Å². The van der Waals surface area contributed by atoms with Crippen molar-refractivity contribution in [2.45, 2.75) is 89.2 Å². The molecule has 0 aliphatic carbocycles. The zero-order chi connectivity index (χ0) is 42.8. The normalized spacial score (nSPS) is 22.5. The number of piperazine rings is 1. The SMILES string of the molecule is CCc1cc(N2C(S)N(c3ccc(C#N)c(C(F)(F)F)c3)C(=O)C2(C)C)cnc1OCCN1C[C@@H](C)N(CC(=O)Nc2cccc(NC3CCC(=O)NC3=O)c2)[C@@H](C)C1. The number of nitriles is 1. The molecule has 59 heavy (non-hydrogen) atoms. The first-order chi connectivity index (χ1) is 27.9. The number of imide groups is 1. The zero-order valence-corrected chi connectivity index (χ0v) is 34.4. The molecule has 0 bridgehead atoms. The highest BCUT2D eigenvalue weighted by Crippen LogP contribution is 2.43. The van der Waals surface area contributed by atoms with Crippen molar-refractivity contribution in [1.82, 2.24) is 20.1 Å². The molecule has 4 atom stereocenters. The van der Waals surface area contributed by atoms with E-state index in [-0.39, 0.29) is 48.5 Å². The number of nitrogens with zero attached hydrogens (tertiary/aromatic N) is 6. The fourth-order valence-corrected chi connectivity index (χ4v) is 8.61. The molecule has 0 radical (unpaired) electrons. The van der Waals surface area contributed by atoms with Crippen molar-refractivity contribution in [2.75, 3.05) is 53.2 Å². The Hall–Kier alpha value is -5.38. The molecule has 3 saturated heterocycles. The summed E-state index contributed by atoms with van der Waals surface area (Å²) in [6.45, 7) is 12.0. The maximum atomic E-state index is 13.8. The number of carbonyl (C=O) groups excluding carboxylic acids is 4. The smallest absolute Gasteiger partial charge is 0.417 e. The Kier molecular flexibility index (Phi) is 12.8. The van der Waals surface area contributed by atoms with E-state index in [0.29, 0.717) is 62.0 Å². The molecule has 3 aliphatic rings. The standard InChI is InChI=1S/C41H48F3N9O5S/c1-6-26-16-31(53-39(59)52(38(57)40(53,4)5)30-11-10-27(19-45)32(18-30)41(42,43)44)20-46-37(26)58-15-14-50-21-24(2)51(25(3)22-50)23-35(55)48-29-9-7-8-28(17-29)47-33-12-13-34(54)49-36(33)56/h7-11,16-18,20,24-25,33,39,47,59H,6,12-15,21-23H2,1-5H3,(H,48,55)(H,49,54,56)/t24-,25+,33?,39?. The van der Waals surface area contributed by atoms with Gasteiger partial charge < -0.3 is 20.3 Å². The molecule has 6 rings (SSSR count). The molecule has 3 aromatic rings. The Morgan fingerprint density at radius 2 is 1.78 bits per heavy atom. The lowest BCUT2D eigenvalue weighted by atomic mass is 10.0. The van der Waals surface area contributed by atoms with Gasteiger partial charge in [-0.1, -0.05) is 13.0 Å². The maximum absolute atomic E-state index is 13.8. The second-order valence-electron chi connectivity index (χ2n) is 15.6. The number of pyridine rings is 1.